The molecule has 19 heavy (non-hydrogen) atoms. The Morgan fingerprint density at radius 3 is 2.37 bits per heavy atom. The van der Waals surface area contributed by atoms with Crippen molar-refractivity contribution in [2.75, 3.05) is 7.05 Å². The van der Waals surface area contributed by atoms with Gasteiger partial charge in [0.05, 0.1) is 0 Å². The maximum Gasteiger partial charge on any atom is 0.0335 e. The van der Waals surface area contributed by atoms with Crippen LogP contribution in [-0.4, -0.2) is 12.6 Å². The smallest absolute Gasteiger partial charge is 0.0335 e. The van der Waals surface area contributed by atoms with Gasteiger partial charge in [-0.3, -0.25) is 0 Å². The molecule has 2 rings (SSSR count). The molecule has 2 heteroatoms. The third kappa shape index (κ3) is 3.55. The second kappa shape index (κ2) is 5.32. The third-order valence-electron chi connectivity index (χ3n) is 3.50. The average molecular weight is 256 g/mol. The molecule has 0 spiro atoms. The highest BCUT2D eigenvalue weighted by Gasteiger charge is 2.19. The molecule has 1 atom stereocenters. The molecule has 2 aromatic rings. The van der Waals surface area contributed by atoms with E-state index in [9.17, 15) is 0 Å². The standard InChI is InChI=1S/C17H24N2/c1-12-5-6-14-10-15(8-7-13(14)9-12)16(19-4)11-17(2,3)18/h5-10,16,19H,11,18H2,1-4H3. The second-order valence-electron chi connectivity index (χ2n) is 6.14. The van der Waals surface area contributed by atoms with Crippen LogP contribution in [0.25, 0.3) is 10.8 Å². The van der Waals surface area contributed by atoms with E-state index in [1.807, 2.05) is 7.05 Å². The molecule has 1 unspecified atom stereocenters. The first kappa shape index (κ1) is 14.0. The van der Waals surface area contributed by atoms with Gasteiger partial charge in [0.2, 0.25) is 0 Å². The van der Waals surface area contributed by atoms with Crippen molar-refractivity contribution in [1.82, 2.24) is 5.32 Å². The zero-order chi connectivity index (χ0) is 14.0. The van der Waals surface area contributed by atoms with Gasteiger partial charge in [0, 0.05) is 11.6 Å². The van der Waals surface area contributed by atoms with Crippen LogP contribution in [0, 0.1) is 6.92 Å². The van der Waals surface area contributed by atoms with Gasteiger partial charge in [-0.25, -0.2) is 0 Å². The summed E-state index contributed by atoms with van der Waals surface area (Å²) in [7, 11) is 2.00. The predicted molar refractivity (Wildman–Crippen MR) is 83.4 cm³/mol. The average Bonchev–Trinajstić information content (AvgIpc) is 2.34. The van der Waals surface area contributed by atoms with E-state index in [4.69, 9.17) is 5.73 Å². The Bertz CT molecular complexity index is 567. The summed E-state index contributed by atoms with van der Waals surface area (Å²) in [5.74, 6) is 0. The molecule has 0 saturated heterocycles. The topological polar surface area (TPSA) is 38.0 Å². The third-order valence-corrected chi connectivity index (χ3v) is 3.50. The first-order valence-electron chi connectivity index (χ1n) is 6.85. The van der Waals surface area contributed by atoms with Crippen molar-refractivity contribution < 1.29 is 0 Å². The highest BCUT2D eigenvalue weighted by atomic mass is 14.9. The van der Waals surface area contributed by atoms with Gasteiger partial charge in [0.1, 0.15) is 0 Å². The summed E-state index contributed by atoms with van der Waals surface area (Å²) in [6.45, 7) is 6.27. The van der Waals surface area contributed by atoms with Crippen LogP contribution in [0.4, 0.5) is 0 Å². The molecular formula is C17H24N2. The monoisotopic (exact) mass is 256 g/mol. The van der Waals surface area contributed by atoms with Crippen LogP contribution in [0.5, 0.6) is 0 Å². The zero-order valence-corrected chi connectivity index (χ0v) is 12.3. The van der Waals surface area contributed by atoms with Crippen LogP contribution in [0.1, 0.15) is 37.4 Å². The number of nitrogens with two attached hydrogens (primary N) is 1. The maximum atomic E-state index is 6.14. The van der Waals surface area contributed by atoms with Gasteiger partial charge in [-0.15, -0.1) is 0 Å². The van der Waals surface area contributed by atoms with E-state index in [0.717, 1.165) is 6.42 Å². The van der Waals surface area contributed by atoms with Crippen molar-refractivity contribution in [3.8, 4) is 0 Å². The van der Waals surface area contributed by atoms with E-state index < -0.39 is 0 Å². The molecule has 0 radical (unpaired) electrons. The molecule has 0 heterocycles. The molecule has 0 aliphatic rings. The number of hydrogen-bond acceptors (Lipinski definition) is 2. The molecule has 0 aromatic heterocycles. The lowest BCUT2D eigenvalue weighted by Gasteiger charge is -2.26. The van der Waals surface area contributed by atoms with E-state index in [0.29, 0.717) is 6.04 Å². The Hall–Kier alpha value is -1.38. The van der Waals surface area contributed by atoms with Gasteiger partial charge >= 0.3 is 0 Å². The van der Waals surface area contributed by atoms with Crippen LogP contribution < -0.4 is 11.1 Å². The molecule has 2 aromatic carbocycles. The fourth-order valence-electron chi connectivity index (χ4n) is 2.51. The Kier molecular flexibility index (Phi) is 3.93. The molecule has 102 valence electrons. The van der Waals surface area contributed by atoms with Crippen molar-refractivity contribution in [3.63, 3.8) is 0 Å². The van der Waals surface area contributed by atoms with Gasteiger partial charge in [-0.1, -0.05) is 35.9 Å². The van der Waals surface area contributed by atoms with Crippen molar-refractivity contribution in [2.24, 2.45) is 5.73 Å². The van der Waals surface area contributed by atoms with Crippen molar-refractivity contribution in [2.45, 2.75) is 38.8 Å². The molecule has 0 amide bonds. The van der Waals surface area contributed by atoms with Crippen molar-refractivity contribution in [3.05, 3.63) is 47.5 Å². The fraction of sp³-hybridized carbons (Fsp3) is 0.412. The first-order chi connectivity index (χ1) is 8.89. The number of nitrogens with one attached hydrogen (secondary N) is 1. The van der Waals surface area contributed by atoms with Crippen LogP contribution in [0.2, 0.25) is 0 Å². The fourth-order valence-corrected chi connectivity index (χ4v) is 2.51. The van der Waals surface area contributed by atoms with Gasteiger partial charge in [0.15, 0.2) is 0 Å². The molecule has 2 nitrogen and oxygen atoms in total. The van der Waals surface area contributed by atoms with E-state index >= 15 is 0 Å². The predicted octanol–water partition coefficient (Wildman–Crippen LogP) is 3.54. The first-order valence-corrected chi connectivity index (χ1v) is 6.85. The van der Waals surface area contributed by atoms with Crippen LogP contribution >= 0.6 is 0 Å². The van der Waals surface area contributed by atoms with Gasteiger partial charge < -0.3 is 11.1 Å². The van der Waals surface area contributed by atoms with Crippen molar-refractivity contribution in [1.29, 1.82) is 0 Å². The largest absolute Gasteiger partial charge is 0.325 e. The lowest BCUT2D eigenvalue weighted by atomic mass is 9.91. The summed E-state index contributed by atoms with van der Waals surface area (Å²) in [6.07, 6.45) is 0.918. The highest BCUT2D eigenvalue weighted by Crippen LogP contribution is 2.26. The molecule has 0 aliphatic heterocycles. The SMILES string of the molecule is CNC(CC(C)(C)N)c1ccc2cc(C)ccc2c1. The Balaban J connectivity index is 2.36. The zero-order valence-electron chi connectivity index (χ0n) is 12.3. The number of fused-ring (bicyclic) bond motifs is 1. The van der Waals surface area contributed by atoms with E-state index in [1.165, 1.54) is 21.9 Å². The maximum absolute atomic E-state index is 6.14. The molecule has 0 fully saturated rings. The number of hydrogen-bond donors (Lipinski definition) is 2. The normalized spacial score (nSPS) is 13.7. The summed E-state index contributed by atoms with van der Waals surface area (Å²) < 4.78 is 0. The lowest BCUT2D eigenvalue weighted by Crippen LogP contribution is -2.36. The van der Waals surface area contributed by atoms with Crippen molar-refractivity contribution >= 4 is 10.8 Å². The minimum Gasteiger partial charge on any atom is -0.325 e. The Morgan fingerprint density at radius 1 is 1.11 bits per heavy atom. The highest BCUT2D eigenvalue weighted by molar-refractivity contribution is 5.83. The van der Waals surface area contributed by atoms with Gasteiger partial charge in [-0.05, 0) is 56.6 Å². The minimum atomic E-state index is -0.171. The summed E-state index contributed by atoms with van der Waals surface area (Å²) >= 11 is 0. The lowest BCUT2D eigenvalue weighted by molar-refractivity contribution is 0.396. The van der Waals surface area contributed by atoms with Crippen LogP contribution in [0.15, 0.2) is 36.4 Å². The molecule has 0 bridgehead atoms. The Labute approximate surface area is 116 Å². The number of aryl methyl sites for hydroxylation is 1. The minimum absolute atomic E-state index is 0.171. The van der Waals surface area contributed by atoms with E-state index in [-0.39, 0.29) is 5.54 Å². The molecular weight excluding hydrogens is 232 g/mol. The number of benzene rings is 2. The Morgan fingerprint density at radius 2 is 1.74 bits per heavy atom. The quantitative estimate of drug-likeness (QED) is 0.878. The molecule has 0 saturated carbocycles. The van der Waals surface area contributed by atoms with E-state index in [2.05, 4.69) is 62.5 Å². The van der Waals surface area contributed by atoms with Crippen LogP contribution in [-0.2, 0) is 0 Å². The summed E-state index contributed by atoms with van der Waals surface area (Å²) in [5, 5.41) is 5.96. The van der Waals surface area contributed by atoms with Crippen LogP contribution in [0.3, 0.4) is 0 Å². The van der Waals surface area contributed by atoms with Gasteiger partial charge in [0.25, 0.3) is 0 Å². The number of rotatable bonds is 4. The second-order valence-corrected chi connectivity index (χ2v) is 6.14. The molecule has 0 aliphatic carbocycles. The summed E-state index contributed by atoms with van der Waals surface area (Å²) in [5.41, 5.74) is 8.57. The summed E-state index contributed by atoms with van der Waals surface area (Å²) in [4.78, 5) is 0. The molecule has 3 N–H and O–H groups in total. The summed E-state index contributed by atoms with van der Waals surface area (Å²) in [6, 6.07) is 13.5. The van der Waals surface area contributed by atoms with E-state index in [1.54, 1.807) is 0 Å². The van der Waals surface area contributed by atoms with Gasteiger partial charge in [-0.2, -0.15) is 0 Å².